The Morgan fingerprint density at radius 3 is 2.44 bits per heavy atom. The number of quaternary nitrogens is 1. The van der Waals surface area contributed by atoms with Gasteiger partial charge in [-0.3, -0.25) is 0 Å². The van der Waals surface area contributed by atoms with Crippen LogP contribution in [0.3, 0.4) is 0 Å². The summed E-state index contributed by atoms with van der Waals surface area (Å²) in [6.07, 6.45) is 4.77. The standard InChI is InChI=1S/C23H29ClNS.BrH/c1-17(2)13-15-25(3,4)14-7-9-19-20-8-5-6-10-22(20)26-23-12-11-18(24)16-21(19)23;/h5-6,8-12,16-17H,7,13-15H2,1-4H3;1H/q+1;/p-1/b19-9-;. The fourth-order valence-electron chi connectivity index (χ4n) is 3.34. The lowest BCUT2D eigenvalue weighted by Crippen LogP contribution is -3.00. The van der Waals surface area contributed by atoms with Crippen LogP contribution in [-0.4, -0.2) is 31.7 Å². The van der Waals surface area contributed by atoms with Gasteiger partial charge in [-0.2, -0.15) is 0 Å². The molecule has 1 heterocycles. The Bertz CT molecular complexity index is 814. The molecule has 0 saturated carbocycles. The van der Waals surface area contributed by atoms with Gasteiger partial charge in [-0.05, 0) is 53.3 Å². The Morgan fingerprint density at radius 2 is 1.70 bits per heavy atom. The quantitative estimate of drug-likeness (QED) is 0.499. The van der Waals surface area contributed by atoms with E-state index in [0.717, 1.165) is 28.4 Å². The van der Waals surface area contributed by atoms with Crippen LogP contribution < -0.4 is 17.0 Å². The molecule has 0 atom stereocenters. The molecule has 0 aromatic heterocycles. The topological polar surface area (TPSA) is 0 Å². The average Bonchev–Trinajstić information content (AvgIpc) is 2.60. The van der Waals surface area contributed by atoms with Gasteiger partial charge in [0.05, 0.1) is 27.2 Å². The maximum absolute atomic E-state index is 6.31. The van der Waals surface area contributed by atoms with Crippen LogP contribution in [0.5, 0.6) is 0 Å². The van der Waals surface area contributed by atoms with E-state index in [-0.39, 0.29) is 17.0 Å². The van der Waals surface area contributed by atoms with E-state index in [1.54, 1.807) is 0 Å². The number of fused-ring (bicyclic) bond motifs is 2. The molecule has 0 amide bonds. The second-order valence-electron chi connectivity index (χ2n) is 8.21. The Hall–Kier alpha value is -0.740. The first-order valence-corrected chi connectivity index (χ1v) is 10.6. The second kappa shape index (κ2) is 9.65. The van der Waals surface area contributed by atoms with E-state index in [9.17, 15) is 0 Å². The molecule has 0 bridgehead atoms. The summed E-state index contributed by atoms with van der Waals surface area (Å²) in [4.78, 5) is 2.63. The summed E-state index contributed by atoms with van der Waals surface area (Å²) in [6.45, 7) is 7.00. The minimum atomic E-state index is 0. The number of rotatable bonds is 6. The highest BCUT2D eigenvalue weighted by Crippen LogP contribution is 2.46. The van der Waals surface area contributed by atoms with Crippen molar-refractivity contribution < 1.29 is 21.5 Å². The molecule has 146 valence electrons. The molecule has 0 saturated heterocycles. The lowest BCUT2D eigenvalue weighted by molar-refractivity contribution is -0.890. The van der Waals surface area contributed by atoms with Crippen molar-refractivity contribution in [1.29, 1.82) is 0 Å². The first kappa shape index (κ1) is 22.5. The molecule has 1 aliphatic rings. The minimum Gasteiger partial charge on any atom is -1.00 e. The summed E-state index contributed by atoms with van der Waals surface area (Å²) in [5.41, 5.74) is 3.94. The summed E-state index contributed by atoms with van der Waals surface area (Å²) in [6, 6.07) is 15.0. The first-order chi connectivity index (χ1) is 12.4. The molecule has 0 radical (unpaired) electrons. The molecule has 0 spiro atoms. The second-order valence-corrected chi connectivity index (χ2v) is 9.73. The molecule has 0 aliphatic carbocycles. The summed E-state index contributed by atoms with van der Waals surface area (Å²) in [5, 5.41) is 0.808. The van der Waals surface area contributed by atoms with E-state index in [1.165, 1.54) is 39.5 Å². The molecule has 0 N–H and O–H groups in total. The zero-order chi connectivity index (χ0) is 18.7. The van der Waals surface area contributed by atoms with E-state index in [4.69, 9.17) is 11.6 Å². The average molecular weight is 467 g/mol. The predicted octanol–water partition coefficient (Wildman–Crippen LogP) is 3.75. The maximum atomic E-state index is 6.31. The van der Waals surface area contributed by atoms with Gasteiger partial charge in [0.15, 0.2) is 0 Å². The third kappa shape index (κ3) is 5.87. The van der Waals surface area contributed by atoms with Gasteiger partial charge in [-0.25, -0.2) is 0 Å². The van der Waals surface area contributed by atoms with Gasteiger partial charge in [-0.15, -0.1) is 0 Å². The smallest absolute Gasteiger partial charge is 0.0817 e. The first-order valence-electron chi connectivity index (χ1n) is 9.45. The highest BCUT2D eigenvalue weighted by molar-refractivity contribution is 7.99. The highest BCUT2D eigenvalue weighted by Gasteiger charge is 2.21. The fourth-order valence-corrected chi connectivity index (χ4v) is 4.60. The van der Waals surface area contributed by atoms with Gasteiger partial charge in [-0.1, -0.05) is 61.5 Å². The Labute approximate surface area is 184 Å². The summed E-state index contributed by atoms with van der Waals surface area (Å²) >= 11 is 8.15. The van der Waals surface area contributed by atoms with Crippen molar-refractivity contribution in [3.63, 3.8) is 0 Å². The maximum Gasteiger partial charge on any atom is 0.0817 e. The minimum absolute atomic E-state index is 0. The molecule has 0 unspecified atom stereocenters. The summed E-state index contributed by atoms with van der Waals surface area (Å²) in [7, 11) is 4.69. The molecule has 4 heteroatoms. The van der Waals surface area contributed by atoms with Crippen molar-refractivity contribution in [2.75, 3.05) is 27.2 Å². The van der Waals surface area contributed by atoms with E-state index in [1.807, 2.05) is 17.8 Å². The third-order valence-electron chi connectivity index (χ3n) is 5.02. The lowest BCUT2D eigenvalue weighted by Gasteiger charge is -2.30. The number of nitrogens with zero attached hydrogens (tertiary/aromatic N) is 1. The summed E-state index contributed by atoms with van der Waals surface area (Å²) < 4.78 is 1.07. The van der Waals surface area contributed by atoms with Gasteiger partial charge in [0.25, 0.3) is 0 Å². The van der Waals surface area contributed by atoms with Gasteiger partial charge in [0.1, 0.15) is 0 Å². The Balaban J connectivity index is 0.00000261. The lowest BCUT2D eigenvalue weighted by atomic mass is 9.96. The van der Waals surface area contributed by atoms with Crippen LogP contribution in [0, 0.1) is 5.92 Å². The van der Waals surface area contributed by atoms with E-state index in [2.05, 4.69) is 70.4 Å². The SMILES string of the molecule is CC(C)CC[N+](C)(C)CC/C=C1/c2ccccc2Sc2ccc(Cl)cc21.[Br-]. The van der Waals surface area contributed by atoms with E-state index < -0.39 is 0 Å². The predicted molar refractivity (Wildman–Crippen MR) is 115 cm³/mol. The van der Waals surface area contributed by atoms with Gasteiger partial charge in [0, 0.05) is 21.2 Å². The van der Waals surface area contributed by atoms with Crippen LogP contribution in [0.2, 0.25) is 5.02 Å². The normalized spacial score (nSPS) is 14.7. The molecule has 27 heavy (non-hydrogen) atoms. The zero-order valence-electron chi connectivity index (χ0n) is 16.6. The Morgan fingerprint density at radius 1 is 1.00 bits per heavy atom. The fraction of sp³-hybridized carbons (Fsp3) is 0.391. The van der Waals surface area contributed by atoms with E-state index >= 15 is 0 Å². The van der Waals surface area contributed by atoms with Crippen LogP contribution in [0.25, 0.3) is 5.57 Å². The molecule has 2 aromatic carbocycles. The highest BCUT2D eigenvalue weighted by atomic mass is 79.9. The molecule has 1 nitrogen and oxygen atoms in total. The van der Waals surface area contributed by atoms with Crippen LogP contribution in [0.4, 0.5) is 0 Å². The zero-order valence-corrected chi connectivity index (χ0v) is 19.8. The van der Waals surface area contributed by atoms with Gasteiger partial charge in [0.2, 0.25) is 0 Å². The molecular formula is C23H29BrClNS. The molecule has 0 fully saturated rings. The summed E-state index contributed by atoms with van der Waals surface area (Å²) in [5.74, 6) is 0.766. The molecule has 1 aliphatic heterocycles. The number of hydrogen-bond acceptors (Lipinski definition) is 1. The monoisotopic (exact) mass is 465 g/mol. The van der Waals surface area contributed by atoms with Crippen molar-refractivity contribution >= 4 is 28.9 Å². The largest absolute Gasteiger partial charge is 1.00 e. The third-order valence-corrected chi connectivity index (χ3v) is 6.41. The molecule has 3 rings (SSSR count). The van der Waals surface area contributed by atoms with Crippen molar-refractivity contribution in [2.24, 2.45) is 5.92 Å². The van der Waals surface area contributed by atoms with Gasteiger partial charge >= 0.3 is 0 Å². The van der Waals surface area contributed by atoms with Gasteiger partial charge < -0.3 is 21.5 Å². The number of benzene rings is 2. The number of halogens is 2. The van der Waals surface area contributed by atoms with Crippen molar-refractivity contribution in [3.8, 4) is 0 Å². The molecule has 2 aromatic rings. The Kier molecular flexibility index (Phi) is 8.05. The van der Waals surface area contributed by atoms with Crippen LogP contribution in [0.15, 0.2) is 58.3 Å². The molecular weight excluding hydrogens is 438 g/mol. The van der Waals surface area contributed by atoms with Crippen molar-refractivity contribution in [1.82, 2.24) is 0 Å². The van der Waals surface area contributed by atoms with Crippen LogP contribution in [-0.2, 0) is 0 Å². The number of hydrogen-bond donors (Lipinski definition) is 0. The van der Waals surface area contributed by atoms with Crippen LogP contribution >= 0.6 is 23.4 Å². The van der Waals surface area contributed by atoms with Crippen molar-refractivity contribution in [3.05, 3.63) is 64.7 Å². The van der Waals surface area contributed by atoms with Crippen molar-refractivity contribution in [2.45, 2.75) is 36.5 Å². The van der Waals surface area contributed by atoms with E-state index in [0.29, 0.717) is 0 Å². The van der Waals surface area contributed by atoms with Crippen LogP contribution in [0.1, 0.15) is 37.8 Å².